The minimum atomic E-state index is -0.604. The predicted octanol–water partition coefficient (Wildman–Crippen LogP) is 1.84. The molecule has 1 aliphatic heterocycles. The molecule has 1 fully saturated rings. The van der Waals surface area contributed by atoms with Crippen molar-refractivity contribution in [2.75, 3.05) is 13.1 Å². The first kappa shape index (κ1) is 16.7. The normalized spacial score (nSPS) is 20.6. The number of halogens is 1. The van der Waals surface area contributed by atoms with Crippen LogP contribution < -0.4 is 4.74 Å². The number of benzene rings is 1. The first-order valence-electron chi connectivity index (χ1n) is 8.33. The first-order chi connectivity index (χ1) is 12.6. The molecule has 4 rings (SSSR count). The van der Waals surface area contributed by atoms with Gasteiger partial charge in [0.05, 0.1) is 25.1 Å². The van der Waals surface area contributed by atoms with E-state index in [2.05, 4.69) is 10.1 Å². The molecule has 7 nitrogen and oxygen atoms in total. The molecular formula is C18H19FN4O3. The topological polar surface area (TPSA) is 76.5 Å². The fraction of sp³-hybridized carbons (Fsp3) is 0.333. The van der Waals surface area contributed by atoms with Gasteiger partial charge in [-0.25, -0.2) is 9.37 Å². The molecule has 1 aromatic carbocycles. The number of aromatic nitrogens is 3. The summed E-state index contributed by atoms with van der Waals surface area (Å²) in [6.07, 6.45) is 4.02. The molecule has 0 unspecified atom stereocenters. The Morgan fingerprint density at radius 1 is 1.35 bits per heavy atom. The van der Waals surface area contributed by atoms with Gasteiger partial charge in [-0.1, -0.05) is 12.1 Å². The van der Waals surface area contributed by atoms with E-state index in [1.54, 1.807) is 35.4 Å². The van der Waals surface area contributed by atoms with Gasteiger partial charge in [0.15, 0.2) is 11.5 Å². The smallest absolute Gasteiger partial charge is 0.209 e. The van der Waals surface area contributed by atoms with Crippen molar-refractivity contribution in [3.63, 3.8) is 0 Å². The third-order valence-corrected chi connectivity index (χ3v) is 4.30. The number of likely N-dealkylation sites (tertiary alicyclic amines) is 1. The molecule has 3 heterocycles. The van der Waals surface area contributed by atoms with E-state index in [1.165, 1.54) is 12.1 Å². The summed E-state index contributed by atoms with van der Waals surface area (Å²) < 4.78 is 26.5. The van der Waals surface area contributed by atoms with Crippen molar-refractivity contribution < 1.29 is 18.7 Å². The van der Waals surface area contributed by atoms with Crippen LogP contribution in [-0.2, 0) is 13.6 Å². The highest BCUT2D eigenvalue weighted by Crippen LogP contribution is 2.23. The zero-order valence-electron chi connectivity index (χ0n) is 14.2. The SMILES string of the molecule is Cn1cc(O[C@@H]2CN(Cc3ncc(-c4cccc(F)c4)o3)C[C@H]2O)cn1. The third-order valence-electron chi connectivity index (χ3n) is 4.30. The van der Waals surface area contributed by atoms with Crippen molar-refractivity contribution in [2.24, 2.45) is 7.05 Å². The van der Waals surface area contributed by atoms with Crippen molar-refractivity contribution in [3.05, 3.63) is 54.6 Å². The second-order valence-electron chi connectivity index (χ2n) is 6.40. The van der Waals surface area contributed by atoms with Crippen molar-refractivity contribution in [1.82, 2.24) is 19.7 Å². The molecule has 2 aromatic heterocycles. The third kappa shape index (κ3) is 3.61. The Kier molecular flexibility index (Phi) is 4.44. The Bertz CT molecular complexity index is 894. The maximum Gasteiger partial charge on any atom is 0.209 e. The summed E-state index contributed by atoms with van der Waals surface area (Å²) in [7, 11) is 1.81. The summed E-state index contributed by atoms with van der Waals surface area (Å²) in [5.74, 6) is 1.34. The maximum atomic E-state index is 13.3. The minimum absolute atomic E-state index is 0.321. The summed E-state index contributed by atoms with van der Waals surface area (Å²) >= 11 is 0. The number of hydrogen-bond donors (Lipinski definition) is 1. The second kappa shape index (κ2) is 6.89. The standard InChI is InChI=1S/C18H19FN4O3/c1-22-8-14(6-21-22)25-17-10-23(9-15(17)24)11-18-20-7-16(26-18)12-3-2-4-13(19)5-12/h2-8,15,17,24H,9-11H2,1H3/t15-,17-/m1/s1. The number of nitrogens with zero attached hydrogens (tertiary/aromatic N) is 4. The fourth-order valence-electron chi connectivity index (χ4n) is 3.06. The fourth-order valence-corrected chi connectivity index (χ4v) is 3.06. The van der Waals surface area contributed by atoms with E-state index >= 15 is 0 Å². The molecule has 1 aliphatic rings. The van der Waals surface area contributed by atoms with Gasteiger partial charge in [-0.05, 0) is 12.1 Å². The van der Waals surface area contributed by atoms with Crippen LogP contribution >= 0.6 is 0 Å². The number of aliphatic hydroxyl groups excluding tert-OH is 1. The lowest BCUT2D eigenvalue weighted by molar-refractivity contribution is 0.0736. The number of oxazole rings is 1. The average Bonchev–Trinajstić information content (AvgIpc) is 3.30. The number of aryl methyl sites for hydroxylation is 1. The highest BCUT2D eigenvalue weighted by molar-refractivity contribution is 5.56. The Morgan fingerprint density at radius 2 is 2.23 bits per heavy atom. The Morgan fingerprint density at radius 3 is 3.00 bits per heavy atom. The largest absolute Gasteiger partial charge is 0.483 e. The van der Waals surface area contributed by atoms with Crippen molar-refractivity contribution in [3.8, 4) is 17.1 Å². The molecule has 0 aliphatic carbocycles. The molecule has 3 aromatic rings. The number of aliphatic hydroxyl groups is 1. The van der Waals surface area contributed by atoms with Gasteiger partial charge >= 0.3 is 0 Å². The van der Waals surface area contributed by atoms with Crippen LogP contribution in [0.25, 0.3) is 11.3 Å². The van der Waals surface area contributed by atoms with Crippen LogP contribution in [0.5, 0.6) is 5.75 Å². The van der Waals surface area contributed by atoms with E-state index in [9.17, 15) is 9.50 Å². The van der Waals surface area contributed by atoms with Crippen LogP contribution in [0, 0.1) is 5.82 Å². The van der Waals surface area contributed by atoms with Crippen LogP contribution in [0.1, 0.15) is 5.89 Å². The van der Waals surface area contributed by atoms with Crippen molar-refractivity contribution >= 4 is 0 Å². The highest BCUT2D eigenvalue weighted by atomic mass is 19.1. The van der Waals surface area contributed by atoms with Gasteiger partial charge in [0, 0.05) is 25.7 Å². The van der Waals surface area contributed by atoms with E-state index in [4.69, 9.17) is 9.15 Å². The molecule has 1 N–H and O–H groups in total. The maximum absolute atomic E-state index is 13.3. The molecule has 26 heavy (non-hydrogen) atoms. The lowest BCUT2D eigenvalue weighted by Gasteiger charge is -2.15. The van der Waals surface area contributed by atoms with Gasteiger partial charge in [-0.2, -0.15) is 5.10 Å². The van der Waals surface area contributed by atoms with Gasteiger partial charge < -0.3 is 14.3 Å². The van der Waals surface area contributed by atoms with Gasteiger partial charge in [0.25, 0.3) is 0 Å². The molecule has 0 amide bonds. The van der Waals surface area contributed by atoms with Crippen LogP contribution in [0.15, 0.2) is 47.3 Å². The van der Waals surface area contributed by atoms with E-state index in [-0.39, 0.29) is 11.9 Å². The molecule has 136 valence electrons. The lowest BCUT2D eigenvalue weighted by Crippen LogP contribution is -2.29. The number of rotatable bonds is 5. The number of β-amino-alcohol motifs (C(OH)–C–C–N with tert-alkyl or cyclic N) is 1. The van der Waals surface area contributed by atoms with E-state index in [1.807, 2.05) is 11.9 Å². The quantitative estimate of drug-likeness (QED) is 0.750. The van der Waals surface area contributed by atoms with Crippen LogP contribution in [0.2, 0.25) is 0 Å². The molecule has 0 radical (unpaired) electrons. The molecular weight excluding hydrogens is 339 g/mol. The second-order valence-corrected chi connectivity index (χ2v) is 6.40. The minimum Gasteiger partial charge on any atom is -0.483 e. The van der Waals surface area contributed by atoms with Crippen molar-refractivity contribution in [2.45, 2.75) is 18.8 Å². The van der Waals surface area contributed by atoms with Crippen LogP contribution in [-0.4, -0.2) is 50.1 Å². The molecule has 0 spiro atoms. The molecule has 2 atom stereocenters. The first-order valence-corrected chi connectivity index (χ1v) is 8.33. The average molecular weight is 358 g/mol. The van der Waals surface area contributed by atoms with Gasteiger partial charge in [0.1, 0.15) is 18.0 Å². The zero-order chi connectivity index (χ0) is 18.1. The molecule has 0 bridgehead atoms. The summed E-state index contributed by atoms with van der Waals surface area (Å²) in [5, 5.41) is 14.3. The number of ether oxygens (including phenoxy) is 1. The number of hydrogen-bond acceptors (Lipinski definition) is 6. The van der Waals surface area contributed by atoms with E-state index in [0.717, 1.165) is 0 Å². The van der Waals surface area contributed by atoms with Crippen LogP contribution in [0.4, 0.5) is 4.39 Å². The van der Waals surface area contributed by atoms with Gasteiger partial charge in [-0.3, -0.25) is 9.58 Å². The Balaban J connectivity index is 1.39. The molecule has 8 heteroatoms. The van der Waals surface area contributed by atoms with E-state index < -0.39 is 6.10 Å². The van der Waals surface area contributed by atoms with Gasteiger partial charge in [0.2, 0.25) is 5.89 Å². The van der Waals surface area contributed by atoms with Crippen LogP contribution in [0.3, 0.4) is 0 Å². The molecule has 0 saturated carbocycles. The summed E-state index contributed by atoms with van der Waals surface area (Å²) in [6, 6.07) is 6.19. The Labute approximate surface area is 149 Å². The summed E-state index contributed by atoms with van der Waals surface area (Å²) in [4.78, 5) is 6.26. The Hall–Kier alpha value is -2.71. The zero-order valence-corrected chi connectivity index (χ0v) is 14.2. The van der Waals surface area contributed by atoms with Crippen molar-refractivity contribution in [1.29, 1.82) is 0 Å². The highest BCUT2D eigenvalue weighted by Gasteiger charge is 2.34. The predicted molar refractivity (Wildman–Crippen MR) is 90.8 cm³/mol. The van der Waals surface area contributed by atoms with E-state index in [0.29, 0.717) is 42.6 Å². The molecule has 1 saturated heterocycles. The van der Waals surface area contributed by atoms with Gasteiger partial charge in [-0.15, -0.1) is 0 Å². The summed E-state index contributed by atoms with van der Waals surface area (Å²) in [6.45, 7) is 1.45. The monoisotopic (exact) mass is 358 g/mol. The lowest BCUT2D eigenvalue weighted by atomic mass is 10.2. The summed E-state index contributed by atoms with van der Waals surface area (Å²) in [5.41, 5.74) is 0.642.